The topological polar surface area (TPSA) is 66.8 Å². The van der Waals surface area contributed by atoms with Crippen LogP contribution in [0.2, 0.25) is 0 Å². The summed E-state index contributed by atoms with van der Waals surface area (Å²) < 4.78 is 5.63. The summed E-state index contributed by atoms with van der Waals surface area (Å²) in [6.45, 7) is 3.79. The maximum Gasteiger partial charge on any atom is 0.308 e. The van der Waals surface area contributed by atoms with Gasteiger partial charge in [0.1, 0.15) is 6.10 Å². The van der Waals surface area contributed by atoms with Gasteiger partial charge in [0.15, 0.2) is 0 Å². The minimum Gasteiger partial charge on any atom is -0.466 e. The third-order valence-electron chi connectivity index (χ3n) is 2.60. The molecule has 0 aliphatic heterocycles. The predicted molar refractivity (Wildman–Crippen MR) is 71.1 cm³/mol. The van der Waals surface area contributed by atoms with E-state index in [-0.39, 0.29) is 13.0 Å². The first-order valence-electron chi connectivity index (χ1n) is 5.73. The van der Waals surface area contributed by atoms with Crippen LogP contribution in [-0.4, -0.2) is 28.9 Å². The number of ether oxygens (including phenoxy) is 1. The first-order valence-corrected chi connectivity index (χ1v) is 6.52. The lowest BCUT2D eigenvalue weighted by Gasteiger charge is -2.19. The van der Waals surface area contributed by atoms with Crippen molar-refractivity contribution < 1.29 is 19.7 Å². The highest BCUT2D eigenvalue weighted by Crippen LogP contribution is 2.25. The van der Waals surface area contributed by atoms with E-state index < -0.39 is 18.2 Å². The Morgan fingerprint density at radius 3 is 2.67 bits per heavy atom. The summed E-state index contributed by atoms with van der Waals surface area (Å²) in [5, 5.41) is 19.8. The second-order valence-corrected chi connectivity index (χ2v) is 4.94. The first kappa shape index (κ1) is 15.1. The van der Waals surface area contributed by atoms with Crippen molar-refractivity contribution >= 4 is 21.9 Å². The zero-order valence-corrected chi connectivity index (χ0v) is 12.0. The van der Waals surface area contributed by atoms with Gasteiger partial charge < -0.3 is 14.9 Å². The molecule has 0 saturated heterocycles. The van der Waals surface area contributed by atoms with Crippen LogP contribution < -0.4 is 0 Å². The molecule has 4 nitrogen and oxygen atoms in total. The van der Waals surface area contributed by atoms with Gasteiger partial charge in [-0.05, 0) is 37.1 Å². The molecule has 1 rings (SSSR count). The lowest BCUT2D eigenvalue weighted by atomic mass is 9.98. The quantitative estimate of drug-likeness (QED) is 0.816. The number of aryl methyl sites for hydroxylation is 1. The lowest BCUT2D eigenvalue weighted by Crippen LogP contribution is -2.23. The van der Waals surface area contributed by atoms with Gasteiger partial charge in [0.25, 0.3) is 0 Å². The van der Waals surface area contributed by atoms with E-state index in [1.54, 1.807) is 19.1 Å². The number of hydrogen-bond acceptors (Lipinski definition) is 4. The van der Waals surface area contributed by atoms with Crippen molar-refractivity contribution in [2.75, 3.05) is 6.61 Å². The standard InChI is InChI=1S/C13H17BrO4/c1-3-18-12(16)7-11(15)13(17)10-5-4-9(14)6-8(10)2/h4-6,11,13,15,17H,3,7H2,1-2H3. The zero-order chi connectivity index (χ0) is 13.7. The molecule has 1 aromatic carbocycles. The number of aliphatic hydroxyl groups excluding tert-OH is 2. The number of benzene rings is 1. The van der Waals surface area contributed by atoms with Crippen LogP contribution >= 0.6 is 15.9 Å². The van der Waals surface area contributed by atoms with E-state index in [0.29, 0.717) is 5.56 Å². The highest BCUT2D eigenvalue weighted by atomic mass is 79.9. The van der Waals surface area contributed by atoms with Crippen LogP contribution in [-0.2, 0) is 9.53 Å². The van der Waals surface area contributed by atoms with Crippen LogP contribution in [0.3, 0.4) is 0 Å². The number of halogens is 1. The molecule has 0 aliphatic carbocycles. The molecule has 0 heterocycles. The van der Waals surface area contributed by atoms with E-state index in [1.165, 1.54) is 0 Å². The van der Waals surface area contributed by atoms with E-state index in [1.807, 2.05) is 13.0 Å². The molecule has 2 unspecified atom stereocenters. The maximum atomic E-state index is 11.2. The molecule has 0 radical (unpaired) electrons. The van der Waals surface area contributed by atoms with Crippen LogP contribution in [0.25, 0.3) is 0 Å². The van der Waals surface area contributed by atoms with Crippen molar-refractivity contribution in [1.29, 1.82) is 0 Å². The second kappa shape index (κ2) is 6.87. The summed E-state index contributed by atoms with van der Waals surface area (Å²) in [6.07, 6.45) is -2.48. The lowest BCUT2D eigenvalue weighted by molar-refractivity contribution is -0.147. The van der Waals surface area contributed by atoms with Crippen molar-refractivity contribution in [3.63, 3.8) is 0 Å². The van der Waals surface area contributed by atoms with Crippen LogP contribution in [0.5, 0.6) is 0 Å². The van der Waals surface area contributed by atoms with E-state index in [0.717, 1.165) is 10.0 Å². The summed E-state index contributed by atoms with van der Waals surface area (Å²) in [5.41, 5.74) is 1.45. The van der Waals surface area contributed by atoms with E-state index >= 15 is 0 Å². The third-order valence-corrected chi connectivity index (χ3v) is 3.09. The van der Waals surface area contributed by atoms with E-state index in [2.05, 4.69) is 15.9 Å². The average Bonchev–Trinajstić information content (AvgIpc) is 2.28. The number of carbonyl (C=O) groups excluding carboxylic acids is 1. The largest absolute Gasteiger partial charge is 0.466 e. The van der Waals surface area contributed by atoms with Crippen molar-refractivity contribution in [3.8, 4) is 0 Å². The van der Waals surface area contributed by atoms with Gasteiger partial charge in [0.2, 0.25) is 0 Å². The van der Waals surface area contributed by atoms with E-state index in [4.69, 9.17) is 4.74 Å². The fourth-order valence-electron chi connectivity index (χ4n) is 1.68. The SMILES string of the molecule is CCOC(=O)CC(O)C(O)c1ccc(Br)cc1C. The molecule has 0 aliphatic rings. The molecule has 2 atom stereocenters. The molecule has 2 N–H and O–H groups in total. The van der Waals surface area contributed by atoms with Crippen LogP contribution in [0.4, 0.5) is 0 Å². The van der Waals surface area contributed by atoms with Gasteiger partial charge in [0.05, 0.1) is 19.1 Å². The molecule has 5 heteroatoms. The predicted octanol–water partition coefficient (Wildman–Crippen LogP) is 2.11. The van der Waals surface area contributed by atoms with Gasteiger partial charge >= 0.3 is 5.97 Å². The van der Waals surface area contributed by atoms with E-state index in [9.17, 15) is 15.0 Å². The first-order chi connectivity index (χ1) is 8.45. The molecule has 1 aromatic rings. The Morgan fingerprint density at radius 2 is 2.11 bits per heavy atom. The number of carbonyl (C=O) groups is 1. The molecule has 0 saturated carbocycles. The molecular formula is C13H17BrO4. The summed E-state index contributed by atoms with van der Waals surface area (Å²) in [4.78, 5) is 11.2. The molecular weight excluding hydrogens is 300 g/mol. The maximum absolute atomic E-state index is 11.2. The van der Waals surface area contributed by atoms with Gasteiger partial charge in [-0.1, -0.05) is 22.0 Å². The molecule has 100 valence electrons. The van der Waals surface area contributed by atoms with Gasteiger partial charge in [-0.2, -0.15) is 0 Å². The Kier molecular flexibility index (Phi) is 5.78. The summed E-state index contributed by atoms with van der Waals surface area (Å²) in [7, 11) is 0. The van der Waals surface area contributed by atoms with Gasteiger partial charge in [-0.3, -0.25) is 4.79 Å². The second-order valence-electron chi connectivity index (χ2n) is 4.02. The summed E-state index contributed by atoms with van der Waals surface area (Å²) in [6, 6.07) is 5.34. The average molecular weight is 317 g/mol. The smallest absolute Gasteiger partial charge is 0.308 e. The minimum atomic E-state index is -1.16. The van der Waals surface area contributed by atoms with Crippen molar-refractivity contribution in [2.45, 2.75) is 32.5 Å². The number of rotatable bonds is 5. The number of hydrogen-bond donors (Lipinski definition) is 2. The third kappa shape index (κ3) is 4.08. The van der Waals surface area contributed by atoms with Crippen LogP contribution in [0, 0.1) is 6.92 Å². The fourth-order valence-corrected chi connectivity index (χ4v) is 2.16. The fraction of sp³-hybridized carbons (Fsp3) is 0.462. The molecule has 0 fully saturated rings. The van der Waals surface area contributed by atoms with Crippen LogP contribution in [0.1, 0.15) is 30.6 Å². The Balaban J connectivity index is 2.73. The van der Waals surface area contributed by atoms with Crippen molar-refractivity contribution in [3.05, 3.63) is 33.8 Å². The monoisotopic (exact) mass is 316 g/mol. The van der Waals surface area contributed by atoms with Crippen molar-refractivity contribution in [1.82, 2.24) is 0 Å². The molecule has 0 bridgehead atoms. The Bertz CT molecular complexity index is 419. The summed E-state index contributed by atoms with van der Waals surface area (Å²) >= 11 is 3.33. The zero-order valence-electron chi connectivity index (χ0n) is 10.4. The van der Waals surface area contributed by atoms with Gasteiger partial charge in [-0.15, -0.1) is 0 Å². The molecule has 0 spiro atoms. The van der Waals surface area contributed by atoms with Crippen LogP contribution in [0.15, 0.2) is 22.7 Å². The number of esters is 1. The van der Waals surface area contributed by atoms with Gasteiger partial charge in [0, 0.05) is 4.47 Å². The summed E-state index contributed by atoms with van der Waals surface area (Å²) in [5.74, 6) is -0.515. The molecule has 0 aromatic heterocycles. The van der Waals surface area contributed by atoms with Crippen molar-refractivity contribution in [2.24, 2.45) is 0 Å². The molecule has 0 amide bonds. The Hall–Kier alpha value is -0.910. The Labute approximate surface area is 115 Å². The highest BCUT2D eigenvalue weighted by molar-refractivity contribution is 9.10. The Morgan fingerprint density at radius 1 is 1.44 bits per heavy atom. The normalized spacial score (nSPS) is 14.1. The highest BCUT2D eigenvalue weighted by Gasteiger charge is 2.23. The van der Waals surface area contributed by atoms with Gasteiger partial charge in [-0.25, -0.2) is 0 Å². The minimum absolute atomic E-state index is 0.218. The molecule has 18 heavy (non-hydrogen) atoms. The number of aliphatic hydroxyl groups is 2.